The smallest absolute Gasteiger partial charge is 0.270 e. The summed E-state index contributed by atoms with van der Waals surface area (Å²) in [6, 6.07) is 1.64. The van der Waals surface area contributed by atoms with Gasteiger partial charge in [0.1, 0.15) is 17.3 Å². The van der Waals surface area contributed by atoms with Crippen molar-refractivity contribution in [3.05, 3.63) is 17.6 Å². The van der Waals surface area contributed by atoms with Crippen LogP contribution in [0.2, 0.25) is 0 Å². The van der Waals surface area contributed by atoms with Crippen molar-refractivity contribution in [1.29, 1.82) is 0 Å². The summed E-state index contributed by atoms with van der Waals surface area (Å²) in [7, 11) is 3.25. The molecule has 0 saturated heterocycles. The van der Waals surface area contributed by atoms with Crippen LogP contribution in [-0.4, -0.2) is 56.4 Å². The zero-order valence-electron chi connectivity index (χ0n) is 12.2. The molecule has 1 aromatic rings. The summed E-state index contributed by atoms with van der Waals surface area (Å²) in [6.45, 7) is 4.09. The van der Waals surface area contributed by atoms with Crippen LogP contribution in [0.1, 0.15) is 22.7 Å². The van der Waals surface area contributed by atoms with Gasteiger partial charge in [-0.3, -0.25) is 4.79 Å². The maximum Gasteiger partial charge on any atom is 0.270 e. The number of nitrogens with zero attached hydrogens (tertiary/aromatic N) is 2. The first-order valence-corrected chi connectivity index (χ1v) is 6.53. The fraction of sp³-hybridized carbons (Fsp3) is 0.615. The number of methoxy groups -OCH3 is 2. The Labute approximate surface area is 119 Å². The van der Waals surface area contributed by atoms with Gasteiger partial charge in [0.25, 0.3) is 5.91 Å². The Balaban J connectivity index is 2.58. The molecule has 1 heterocycles. The van der Waals surface area contributed by atoms with Gasteiger partial charge >= 0.3 is 0 Å². The van der Waals surface area contributed by atoms with E-state index in [1.165, 1.54) is 0 Å². The minimum atomic E-state index is -0.229. The molecule has 20 heavy (non-hydrogen) atoms. The molecule has 1 amide bonds. The largest absolute Gasteiger partial charge is 0.385 e. The Morgan fingerprint density at radius 2 is 1.95 bits per heavy atom. The Morgan fingerprint density at radius 1 is 1.20 bits per heavy atom. The lowest BCUT2D eigenvalue weighted by Gasteiger charge is -2.09. The lowest BCUT2D eigenvalue weighted by Crippen LogP contribution is -2.28. The normalized spacial score (nSPS) is 10.3. The molecule has 7 nitrogen and oxygen atoms in total. The predicted molar refractivity (Wildman–Crippen MR) is 76.0 cm³/mol. The van der Waals surface area contributed by atoms with E-state index in [0.29, 0.717) is 37.1 Å². The quantitative estimate of drug-likeness (QED) is 0.645. The number of ether oxygens (including phenoxy) is 2. The van der Waals surface area contributed by atoms with E-state index >= 15 is 0 Å². The van der Waals surface area contributed by atoms with Crippen LogP contribution < -0.4 is 10.6 Å². The van der Waals surface area contributed by atoms with E-state index < -0.39 is 0 Å². The number of nitrogens with one attached hydrogen (secondary N) is 2. The molecule has 0 aliphatic rings. The standard InChI is InChI=1S/C13H22N4O3/c1-10-16-11(13(18)15-6-8-20-3)9-12(17-10)14-5-4-7-19-2/h9H,4-8H2,1-3H3,(H,15,18)(H,14,16,17). The molecule has 0 aromatic carbocycles. The molecule has 0 bridgehead atoms. The van der Waals surface area contributed by atoms with Gasteiger partial charge in [-0.1, -0.05) is 0 Å². The second-order valence-electron chi connectivity index (χ2n) is 4.21. The highest BCUT2D eigenvalue weighted by atomic mass is 16.5. The molecule has 0 aliphatic heterocycles. The van der Waals surface area contributed by atoms with E-state index in [-0.39, 0.29) is 5.91 Å². The number of rotatable bonds is 9. The van der Waals surface area contributed by atoms with Crippen molar-refractivity contribution in [1.82, 2.24) is 15.3 Å². The number of anilines is 1. The van der Waals surface area contributed by atoms with E-state index in [2.05, 4.69) is 20.6 Å². The average molecular weight is 282 g/mol. The van der Waals surface area contributed by atoms with Gasteiger partial charge in [0.05, 0.1) is 6.61 Å². The molecule has 0 saturated carbocycles. The minimum absolute atomic E-state index is 0.229. The van der Waals surface area contributed by atoms with Gasteiger partial charge in [-0.15, -0.1) is 0 Å². The summed E-state index contributed by atoms with van der Waals surface area (Å²) < 4.78 is 9.85. The van der Waals surface area contributed by atoms with Crippen molar-refractivity contribution in [2.24, 2.45) is 0 Å². The molecular weight excluding hydrogens is 260 g/mol. The first-order valence-electron chi connectivity index (χ1n) is 6.53. The van der Waals surface area contributed by atoms with E-state index in [0.717, 1.165) is 13.0 Å². The maximum atomic E-state index is 11.9. The van der Waals surface area contributed by atoms with E-state index in [4.69, 9.17) is 9.47 Å². The second-order valence-corrected chi connectivity index (χ2v) is 4.21. The third-order valence-corrected chi connectivity index (χ3v) is 2.49. The van der Waals surface area contributed by atoms with Gasteiger partial charge in [0.2, 0.25) is 0 Å². The zero-order chi connectivity index (χ0) is 14.8. The molecule has 112 valence electrons. The molecule has 0 aliphatic carbocycles. The molecular formula is C13H22N4O3. The van der Waals surface area contributed by atoms with Crippen molar-refractivity contribution in [3.8, 4) is 0 Å². The Hall–Kier alpha value is -1.73. The van der Waals surface area contributed by atoms with Gasteiger partial charge < -0.3 is 20.1 Å². The third kappa shape index (κ3) is 5.94. The van der Waals surface area contributed by atoms with E-state index in [1.807, 2.05) is 0 Å². The summed E-state index contributed by atoms with van der Waals surface area (Å²) in [5.74, 6) is 0.969. The fourth-order valence-corrected chi connectivity index (χ4v) is 1.56. The van der Waals surface area contributed by atoms with Crippen molar-refractivity contribution < 1.29 is 14.3 Å². The second kappa shape index (κ2) is 9.22. The molecule has 0 unspecified atom stereocenters. The first-order chi connectivity index (χ1) is 9.67. The van der Waals surface area contributed by atoms with Crippen LogP contribution in [0, 0.1) is 6.92 Å². The lowest BCUT2D eigenvalue weighted by molar-refractivity contribution is 0.0931. The molecule has 0 fully saturated rings. The number of carbonyl (C=O) groups excluding carboxylic acids is 1. The zero-order valence-corrected chi connectivity index (χ0v) is 12.2. The van der Waals surface area contributed by atoms with Crippen LogP contribution in [0.3, 0.4) is 0 Å². The summed E-state index contributed by atoms with van der Waals surface area (Å²) in [5, 5.41) is 5.88. The summed E-state index contributed by atoms with van der Waals surface area (Å²) >= 11 is 0. The van der Waals surface area contributed by atoms with Crippen LogP contribution >= 0.6 is 0 Å². The van der Waals surface area contributed by atoms with Gasteiger partial charge in [-0.05, 0) is 13.3 Å². The van der Waals surface area contributed by atoms with Gasteiger partial charge in [-0.2, -0.15) is 0 Å². The highest BCUT2D eigenvalue weighted by molar-refractivity contribution is 5.92. The van der Waals surface area contributed by atoms with Crippen LogP contribution in [0.25, 0.3) is 0 Å². The molecule has 2 N–H and O–H groups in total. The molecule has 0 spiro atoms. The topological polar surface area (TPSA) is 85.4 Å². The highest BCUT2D eigenvalue weighted by Crippen LogP contribution is 2.06. The molecule has 1 aromatic heterocycles. The predicted octanol–water partition coefficient (Wildman–Crippen LogP) is 0.610. The van der Waals surface area contributed by atoms with Crippen molar-refractivity contribution >= 4 is 11.7 Å². The Bertz CT molecular complexity index is 426. The van der Waals surface area contributed by atoms with Crippen molar-refractivity contribution in [2.75, 3.05) is 45.8 Å². The SMILES string of the molecule is COCCCNc1cc(C(=O)NCCOC)nc(C)n1. The first kappa shape index (κ1) is 16.3. The fourth-order valence-electron chi connectivity index (χ4n) is 1.56. The van der Waals surface area contributed by atoms with Crippen molar-refractivity contribution in [3.63, 3.8) is 0 Å². The van der Waals surface area contributed by atoms with Crippen LogP contribution in [0.4, 0.5) is 5.82 Å². The molecule has 0 atom stereocenters. The monoisotopic (exact) mass is 282 g/mol. The van der Waals surface area contributed by atoms with Gasteiger partial charge in [-0.25, -0.2) is 9.97 Å². The number of carbonyl (C=O) groups is 1. The minimum Gasteiger partial charge on any atom is -0.385 e. The Kier molecular flexibility index (Phi) is 7.52. The molecule has 0 radical (unpaired) electrons. The van der Waals surface area contributed by atoms with Gasteiger partial charge in [0, 0.05) is 40.0 Å². The maximum absolute atomic E-state index is 11.9. The number of hydrogen-bond donors (Lipinski definition) is 2. The third-order valence-electron chi connectivity index (χ3n) is 2.49. The highest BCUT2D eigenvalue weighted by Gasteiger charge is 2.09. The van der Waals surface area contributed by atoms with Crippen LogP contribution in [-0.2, 0) is 9.47 Å². The summed E-state index contributed by atoms with van der Waals surface area (Å²) in [6.07, 6.45) is 0.870. The summed E-state index contributed by atoms with van der Waals surface area (Å²) in [5.41, 5.74) is 0.350. The van der Waals surface area contributed by atoms with Crippen LogP contribution in [0.15, 0.2) is 6.07 Å². The number of amides is 1. The number of hydrogen-bond acceptors (Lipinski definition) is 6. The van der Waals surface area contributed by atoms with Crippen molar-refractivity contribution in [2.45, 2.75) is 13.3 Å². The van der Waals surface area contributed by atoms with E-state index in [9.17, 15) is 4.79 Å². The van der Waals surface area contributed by atoms with Crippen LogP contribution in [0.5, 0.6) is 0 Å². The number of aromatic nitrogens is 2. The molecule has 7 heteroatoms. The average Bonchev–Trinajstić information content (AvgIpc) is 2.43. The van der Waals surface area contributed by atoms with Gasteiger partial charge in [0.15, 0.2) is 0 Å². The summed E-state index contributed by atoms with van der Waals surface area (Å²) in [4.78, 5) is 20.3. The molecule has 1 rings (SSSR count). The lowest BCUT2D eigenvalue weighted by atomic mass is 10.3. The number of aryl methyl sites for hydroxylation is 1. The Morgan fingerprint density at radius 3 is 2.65 bits per heavy atom. The van der Waals surface area contributed by atoms with E-state index in [1.54, 1.807) is 27.2 Å².